The number of nitrogens with zero attached hydrogens (tertiary/aromatic N) is 5. The lowest BCUT2D eigenvalue weighted by Gasteiger charge is -2.36. The Morgan fingerprint density at radius 3 is 2.59 bits per heavy atom. The Morgan fingerprint density at radius 1 is 1.09 bits per heavy atom. The Labute approximate surface area is 200 Å². The number of piperazine rings is 1. The van der Waals surface area contributed by atoms with Crippen molar-refractivity contribution in [3.05, 3.63) is 65.7 Å². The van der Waals surface area contributed by atoms with Crippen LogP contribution in [0.3, 0.4) is 0 Å². The zero-order valence-corrected chi connectivity index (χ0v) is 20.0. The summed E-state index contributed by atoms with van der Waals surface area (Å²) in [5.74, 6) is 1.48. The van der Waals surface area contributed by atoms with Gasteiger partial charge in [0.05, 0.1) is 13.2 Å². The van der Waals surface area contributed by atoms with E-state index in [0.717, 1.165) is 41.3 Å². The maximum atomic E-state index is 12.7. The highest BCUT2D eigenvalue weighted by Gasteiger charge is 2.22. The van der Waals surface area contributed by atoms with Gasteiger partial charge in [0.1, 0.15) is 23.6 Å². The molecule has 0 radical (unpaired) electrons. The highest BCUT2D eigenvalue weighted by Crippen LogP contribution is 2.29. The van der Waals surface area contributed by atoms with Gasteiger partial charge in [0, 0.05) is 51.6 Å². The number of carbonyl (C=O) groups is 1. The normalized spacial score (nSPS) is 13.7. The Balaban J connectivity index is 1.34. The molecule has 1 N–H and O–H groups in total. The van der Waals surface area contributed by atoms with Crippen LogP contribution in [0.15, 0.2) is 48.8 Å². The fourth-order valence-corrected chi connectivity index (χ4v) is 4.08. The van der Waals surface area contributed by atoms with Gasteiger partial charge in [-0.1, -0.05) is 24.3 Å². The zero-order chi connectivity index (χ0) is 23.9. The van der Waals surface area contributed by atoms with Crippen molar-refractivity contribution in [3.8, 4) is 11.4 Å². The summed E-state index contributed by atoms with van der Waals surface area (Å²) < 4.78 is 12.8. The van der Waals surface area contributed by atoms with Crippen molar-refractivity contribution >= 4 is 11.7 Å². The number of benzene rings is 2. The lowest BCUT2D eigenvalue weighted by molar-refractivity contribution is 0.185. The van der Waals surface area contributed by atoms with E-state index in [0.29, 0.717) is 38.7 Å². The monoisotopic (exact) mass is 464 g/mol. The summed E-state index contributed by atoms with van der Waals surface area (Å²) in [6.07, 6.45) is 1.69. The number of nitrogens with one attached hydrogen (secondary N) is 1. The molecule has 3 aromatic rings. The molecule has 9 heteroatoms. The van der Waals surface area contributed by atoms with Gasteiger partial charge in [0.2, 0.25) is 0 Å². The SMILES string of the molecule is CCOc1cc(N2CCN(C(=O)NCc3cccc(COC)c3)CC2)ccc1-n1cnc(C)n1. The number of hydrogen-bond donors (Lipinski definition) is 1. The van der Waals surface area contributed by atoms with Crippen LogP contribution in [0, 0.1) is 6.92 Å². The van der Waals surface area contributed by atoms with Crippen LogP contribution in [0.2, 0.25) is 0 Å². The van der Waals surface area contributed by atoms with E-state index in [1.165, 1.54) is 0 Å². The summed E-state index contributed by atoms with van der Waals surface area (Å²) in [4.78, 5) is 21.1. The minimum atomic E-state index is -0.0382. The number of amides is 2. The fourth-order valence-electron chi connectivity index (χ4n) is 4.08. The third-order valence-corrected chi connectivity index (χ3v) is 5.77. The molecule has 0 unspecified atom stereocenters. The summed E-state index contributed by atoms with van der Waals surface area (Å²) in [6.45, 7) is 8.27. The molecule has 4 rings (SSSR count). The summed E-state index contributed by atoms with van der Waals surface area (Å²) in [5.41, 5.74) is 4.09. The molecule has 34 heavy (non-hydrogen) atoms. The van der Waals surface area contributed by atoms with Crippen LogP contribution >= 0.6 is 0 Å². The zero-order valence-electron chi connectivity index (χ0n) is 20.0. The molecule has 2 heterocycles. The number of carbonyl (C=O) groups excluding carboxylic acids is 1. The van der Waals surface area contributed by atoms with Gasteiger partial charge in [0.15, 0.2) is 0 Å². The van der Waals surface area contributed by atoms with E-state index in [9.17, 15) is 4.79 Å². The van der Waals surface area contributed by atoms with Crippen molar-refractivity contribution < 1.29 is 14.3 Å². The van der Waals surface area contributed by atoms with Gasteiger partial charge in [-0.25, -0.2) is 14.5 Å². The number of hydrogen-bond acceptors (Lipinski definition) is 6. The summed E-state index contributed by atoms with van der Waals surface area (Å²) in [7, 11) is 1.68. The van der Waals surface area contributed by atoms with Crippen molar-refractivity contribution in [2.45, 2.75) is 27.0 Å². The van der Waals surface area contributed by atoms with Crippen LogP contribution in [-0.2, 0) is 17.9 Å². The summed E-state index contributed by atoms with van der Waals surface area (Å²) >= 11 is 0. The molecular weight excluding hydrogens is 432 g/mol. The lowest BCUT2D eigenvalue weighted by Crippen LogP contribution is -2.51. The van der Waals surface area contributed by atoms with Crippen LogP contribution in [0.1, 0.15) is 23.9 Å². The Hall–Kier alpha value is -3.59. The van der Waals surface area contributed by atoms with E-state index in [1.54, 1.807) is 18.1 Å². The van der Waals surface area contributed by atoms with Gasteiger partial charge < -0.3 is 24.6 Å². The quantitative estimate of drug-likeness (QED) is 0.551. The molecule has 0 atom stereocenters. The van der Waals surface area contributed by atoms with E-state index in [1.807, 2.05) is 49.1 Å². The molecule has 1 saturated heterocycles. The average Bonchev–Trinajstić information content (AvgIpc) is 3.29. The molecule has 9 nitrogen and oxygen atoms in total. The van der Waals surface area contributed by atoms with Crippen LogP contribution in [0.5, 0.6) is 5.75 Å². The Kier molecular flexibility index (Phi) is 7.64. The van der Waals surface area contributed by atoms with Crippen LogP contribution < -0.4 is 15.0 Å². The standard InChI is InChI=1S/C25H32N6O3/c1-4-34-24-15-22(8-9-23(24)31-18-27-19(2)28-31)29-10-12-30(13-11-29)25(32)26-16-20-6-5-7-21(14-20)17-33-3/h5-9,14-15,18H,4,10-13,16-17H2,1-3H3,(H,26,32). The first-order valence-corrected chi connectivity index (χ1v) is 11.6. The first-order chi connectivity index (χ1) is 16.6. The van der Waals surface area contributed by atoms with Crippen LogP contribution in [0.4, 0.5) is 10.5 Å². The predicted octanol–water partition coefficient (Wildman–Crippen LogP) is 3.15. The number of rotatable bonds is 8. The van der Waals surface area contributed by atoms with E-state index in [4.69, 9.17) is 9.47 Å². The van der Waals surface area contributed by atoms with E-state index < -0.39 is 0 Å². The van der Waals surface area contributed by atoms with Gasteiger partial charge in [0.25, 0.3) is 0 Å². The highest BCUT2D eigenvalue weighted by molar-refractivity contribution is 5.74. The Morgan fingerprint density at radius 2 is 1.88 bits per heavy atom. The molecule has 0 spiro atoms. The number of ether oxygens (including phenoxy) is 2. The second-order valence-corrected chi connectivity index (χ2v) is 8.21. The van der Waals surface area contributed by atoms with Crippen molar-refractivity contribution in [2.24, 2.45) is 0 Å². The fraction of sp³-hybridized carbons (Fsp3) is 0.400. The Bertz CT molecular complexity index is 1110. The first kappa shape index (κ1) is 23.6. The molecule has 2 aromatic carbocycles. The minimum Gasteiger partial charge on any atom is -0.492 e. The predicted molar refractivity (Wildman–Crippen MR) is 130 cm³/mol. The van der Waals surface area contributed by atoms with Gasteiger partial charge in [-0.2, -0.15) is 5.10 Å². The van der Waals surface area contributed by atoms with E-state index >= 15 is 0 Å². The molecular formula is C25H32N6O3. The van der Waals surface area contributed by atoms with Gasteiger partial charge in [-0.3, -0.25) is 0 Å². The van der Waals surface area contributed by atoms with E-state index in [2.05, 4.69) is 32.4 Å². The summed E-state index contributed by atoms with van der Waals surface area (Å²) in [6, 6.07) is 14.1. The van der Waals surface area contributed by atoms with Crippen molar-refractivity contribution in [1.82, 2.24) is 25.0 Å². The van der Waals surface area contributed by atoms with Crippen LogP contribution in [-0.4, -0.2) is 65.6 Å². The molecule has 0 bridgehead atoms. The smallest absolute Gasteiger partial charge is 0.317 e. The summed E-state index contributed by atoms with van der Waals surface area (Å²) in [5, 5.41) is 7.44. The molecule has 1 aromatic heterocycles. The minimum absolute atomic E-state index is 0.0382. The molecule has 1 aliphatic rings. The third-order valence-electron chi connectivity index (χ3n) is 5.77. The van der Waals surface area contributed by atoms with Crippen LogP contribution in [0.25, 0.3) is 5.69 Å². The third kappa shape index (κ3) is 5.66. The van der Waals surface area contributed by atoms with Crippen molar-refractivity contribution in [2.75, 3.05) is 44.8 Å². The molecule has 180 valence electrons. The maximum absolute atomic E-state index is 12.7. The van der Waals surface area contributed by atoms with Gasteiger partial charge >= 0.3 is 6.03 Å². The van der Waals surface area contributed by atoms with Gasteiger partial charge in [-0.15, -0.1) is 0 Å². The topological polar surface area (TPSA) is 84.8 Å². The number of methoxy groups -OCH3 is 1. The number of anilines is 1. The number of urea groups is 1. The highest BCUT2D eigenvalue weighted by atomic mass is 16.5. The van der Waals surface area contributed by atoms with Gasteiger partial charge in [-0.05, 0) is 37.1 Å². The van der Waals surface area contributed by atoms with Crippen molar-refractivity contribution in [3.63, 3.8) is 0 Å². The lowest BCUT2D eigenvalue weighted by atomic mass is 10.1. The second kappa shape index (κ2) is 11.0. The molecule has 1 fully saturated rings. The maximum Gasteiger partial charge on any atom is 0.317 e. The van der Waals surface area contributed by atoms with E-state index in [-0.39, 0.29) is 6.03 Å². The molecule has 0 saturated carbocycles. The van der Waals surface area contributed by atoms with Crippen molar-refractivity contribution in [1.29, 1.82) is 0 Å². The molecule has 0 aliphatic carbocycles. The largest absolute Gasteiger partial charge is 0.492 e. The molecule has 1 aliphatic heterocycles. The number of aromatic nitrogens is 3. The molecule has 2 amide bonds. The first-order valence-electron chi connectivity index (χ1n) is 11.6. The second-order valence-electron chi connectivity index (χ2n) is 8.21. The number of aryl methyl sites for hydroxylation is 1. The average molecular weight is 465 g/mol.